The minimum absolute atomic E-state index is 0.177. The molecule has 0 aliphatic heterocycles. The number of phenolic OH excluding ortho intramolecular Hbond substituents is 1. The average molecular weight is 297 g/mol. The fraction of sp³-hybridized carbons (Fsp3) is 0.385. The number of ether oxygens (including phenoxy) is 2. The summed E-state index contributed by atoms with van der Waals surface area (Å²) in [5.74, 6) is -1.92. The molecular formula is C13H15NO7. The van der Waals surface area contributed by atoms with Gasteiger partial charge in [-0.2, -0.15) is 0 Å². The zero-order valence-corrected chi connectivity index (χ0v) is 11.8. The van der Waals surface area contributed by atoms with E-state index in [2.05, 4.69) is 0 Å². The van der Waals surface area contributed by atoms with Gasteiger partial charge in [0.25, 0.3) is 5.69 Å². The Morgan fingerprint density at radius 2 is 2.00 bits per heavy atom. The summed E-state index contributed by atoms with van der Waals surface area (Å²) >= 11 is 0. The molecule has 0 saturated carbocycles. The van der Waals surface area contributed by atoms with Crippen LogP contribution in [0.1, 0.15) is 31.1 Å². The van der Waals surface area contributed by atoms with E-state index in [0.717, 1.165) is 18.2 Å². The second kappa shape index (κ2) is 6.21. The molecule has 1 N–H and O–H groups in total. The number of nitro groups is 1. The zero-order chi connectivity index (χ0) is 16.2. The van der Waals surface area contributed by atoms with E-state index in [1.165, 1.54) is 20.8 Å². The summed E-state index contributed by atoms with van der Waals surface area (Å²) in [5.41, 5.74) is -1.82. The van der Waals surface area contributed by atoms with Gasteiger partial charge in [0, 0.05) is 19.1 Å². The first-order chi connectivity index (χ1) is 9.62. The molecule has 0 radical (unpaired) electrons. The van der Waals surface area contributed by atoms with Crippen LogP contribution in [0.25, 0.3) is 0 Å². The monoisotopic (exact) mass is 297 g/mol. The Kier molecular flexibility index (Phi) is 4.85. The Bertz CT molecular complexity index is 580. The van der Waals surface area contributed by atoms with Crippen LogP contribution in [-0.2, 0) is 14.3 Å². The highest BCUT2D eigenvalue weighted by atomic mass is 16.6. The molecule has 0 spiro atoms. The molecule has 0 heterocycles. The standard InChI is InChI=1S/C13H15NO7/c1-8(15)20-7-13(2,3)21-12(17)10-6-9(14(18)19)4-5-11(10)16/h4-6,16H,7H2,1-3H3. The van der Waals surface area contributed by atoms with Gasteiger partial charge >= 0.3 is 11.9 Å². The van der Waals surface area contributed by atoms with Crippen LogP contribution < -0.4 is 0 Å². The molecule has 0 unspecified atom stereocenters. The topological polar surface area (TPSA) is 116 Å². The number of nitrogens with zero attached hydrogens (tertiary/aromatic N) is 1. The molecule has 1 aromatic carbocycles. The molecule has 0 aromatic heterocycles. The Morgan fingerprint density at radius 3 is 2.52 bits per heavy atom. The SMILES string of the molecule is CC(=O)OCC(C)(C)OC(=O)c1cc([N+](=O)[O-])ccc1O. The highest BCUT2D eigenvalue weighted by Gasteiger charge is 2.27. The number of non-ortho nitro benzene ring substituents is 1. The average Bonchev–Trinajstić information content (AvgIpc) is 2.36. The fourth-order valence-corrected chi connectivity index (χ4v) is 1.41. The molecule has 0 atom stereocenters. The first-order valence-corrected chi connectivity index (χ1v) is 5.96. The Morgan fingerprint density at radius 1 is 1.38 bits per heavy atom. The van der Waals surface area contributed by atoms with Gasteiger partial charge in [-0.25, -0.2) is 4.79 Å². The minimum Gasteiger partial charge on any atom is -0.507 e. The van der Waals surface area contributed by atoms with Crippen molar-refractivity contribution in [1.82, 2.24) is 0 Å². The lowest BCUT2D eigenvalue weighted by molar-refractivity contribution is -0.384. The van der Waals surface area contributed by atoms with Gasteiger partial charge in [-0.3, -0.25) is 14.9 Å². The van der Waals surface area contributed by atoms with Crippen molar-refractivity contribution < 1.29 is 29.1 Å². The number of aromatic hydroxyl groups is 1. The van der Waals surface area contributed by atoms with Gasteiger partial charge in [-0.1, -0.05) is 0 Å². The van der Waals surface area contributed by atoms with E-state index in [1.54, 1.807) is 0 Å². The lowest BCUT2D eigenvalue weighted by Crippen LogP contribution is -2.34. The smallest absolute Gasteiger partial charge is 0.342 e. The summed E-state index contributed by atoms with van der Waals surface area (Å²) in [7, 11) is 0. The van der Waals surface area contributed by atoms with Gasteiger partial charge in [-0.15, -0.1) is 0 Å². The molecule has 0 aliphatic carbocycles. The minimum atomic E-state index is -1.14. The first kappa shape index (κ1) is 16.4. The van der Waals surface area contributed by atoms with Gasteiger partial charge in [0.2, 0.25) is 0 Å². The predicted octanol–water partition coefficient (Wildman–Crippen LogP) is 1.80. The predicted molar refractivity (Wildman–Crippen MR) is 70.9 cm³/mol. The van der Waals surface area contributed by atoms with E-state index >= 15 is 0 Å². The maximum absolute atomic E-state index is 12.0. The van der Waals surface area contributed by atoms with Crippen molar-refractivity contribution in [3.05, 3.63) is 33.9 Å². The highest BCUT2D eigenvalue weighted by Crippen LogP contribution is 2.25. The number of carbonyl (C=O) groups excluding carboxylic acids is 2. The van der Waals surface area contributed by atoms with E-state index in [-0.39, 0.29) is 17.9 Å². The van der Waals surface area contributed by atoms with Crippen molar-refractivity contribution >= 4 is 17.6 Å². The second-order valence-corrected chi connectivity index (χ2v) is 4.89. The summed E-state index contributed by atoms with van der Waals surface area (Å²) in [6.07, 6.45) is 0. The van der Waals surface area contributed by atoms with E-state index in [1.807, 2.05) is 0 Å². The molecule has 0 bridgehead atoms. The fourth-order valence-electron chi connectivity index (χ4n) is 1.41. The molecule has 114 valence electrons. The Hall–Kier alpha value is -2.64. The number of phenols is 1. The molecule has 8 heteroatoms. The van der Waals surface area contributed by atoms with E-state index < -0.39 is 28.2 Å². The van der Waals surface area contributed by atoms with Crippen molar-refractivity contribution in [3.63, 3.8) is 0 Å². The van der Waals surface area contributed by atoms with E-state index in [4.69, 9.17) is 9.47 Å². The molecule has 21 heavy (non-hydrogen) atoms. The van der Waals surface area contributed by atoms with Crippen molar-refractivity contribution in [2.24, 2.45) is 0 Å². The third-order valence-corrected chi connectivity index (χ3v) is 2.40. The van der Waals surface area contributed by atoms with Gasteiger partial charge < -0.3 is 14.6 Å². The quantitative estimate of drug-likeness (QED) is 0.500. The molecular weight excluding hydrogens is 282 g/mol. The summed E-state index contributed by atoms with van der Waals surface area (Å²) < 4.78 is 9.84. The van der Waals surface area contributed by atoms with Crippen LogP contribution >= 0.6 is 0 Å². The number of benzene rings is 1. The molecule has 8 nitrogen and oxygen atoms in total. The Balaban J connectivity index is 2.91. The lowest BCUT2D eigenvalue weighted by atomic mass is 10.1. The number of hydrogen-bond donors (Lipinski definition) is 1. The molecule has 0 saturated heterocycles. The van der Waals surface area contributed by atoms with Crippen LogP contribution in [0.15, 0.2) is 18.2 Å². The normalized spacial score (nSPS) is 10.8. The highest BCUT2D eigenvalue weighted by molar-refractivity contribution is 5.93. The summed E-state index contributed by atoms with van der Waals surface area (Å²) in [5, 5.41) is 20.3. The van der Waals surface area contributed by atoms with Crippen molar-refractivity contribution in [1.29, 1.82) is 0 Å². The number of carbonyl (C=O) groups is 2. The van der Waals surface area contributed by atoms with Crippen molar-refractivity contribution in [2.45, 2.75) is 26.4 Å². The van der Waals surface area contributed by atoms with Crippen LogP contribution in [0.2, 0.25) is 0 Å². The van der Waals surface area contributed by atoms with Gasteiger partial charge in [0.05, 0.1) is 4.92 Å². The van der Waals surface area contributed by atoms with E-state index in [9.17, 15) is 24.8 Å². The van der Waals surface area contributed by atoms with Crippen LogP contribution in [0.5, 0.6) is 5.75 Å². The molecule has 0 aliphatic rings. The van der Waals surface area contributed by atoms with Crippen LogP contribution in [0.4, 0.5) is 5.69 Å². The number of hydrogen-bond acceptors (Lipinski definition) is 7. The number of nitro benzene ring substituents is 1. The molecule has 1 aromatic rings. The maximum atomic E-state index is 12.0. The van der Waals surface area contributed by atoms with E-state index in [0.29, 0.717) is 0 Å². The van der Waals surface area contributed by atoms with Crippen LogP contribution in [-0.4, -0.2) is 34.2 Å². The van der Waals surface area contributed by atoms with Crippen molar-refractivity contribution in [3.8, 4) is 5.75 Å². The van der Waals surface area contributed by atoms with Gasteiger partial charge in [0.15, 0.2) is 0 Å². The summed E-state index contributed by atoms with van der Waals surface area (Å²) in [4.78, 5) is 32.7. The lowest BCUT2D eigenvalue weighted by Gasteiger charge is -2.24. The second-order valence-electron chi connectivity index (χ2n) is 4.89. The largest absolute Gasteiger partial charge is 0.507 e. The summed E-state index contributed by atoms with van der Waals surface area (Å²) in [6, 6.07) is 3.02. The third kappa shape index (κ3) is 4.75. The summed E-state index contributed by atoms with van der Waals surface area (Å²) in [6.45, 7) is 4.04. The maximum Gasteiger partial charge on any atom is 0.342 e. The first-order valence-electron chi connectivity index (χ1n) is 5.96. The molecule has 1 rings (SSSR count). The zero-order valence-electron chi connectivity index (χ0n) is 11.8. The van der Waals surface area contributed by atoms with Crippen molar-refractivity contribution in [2.75, 3.05) is 6.61 Å². The number of esters is 2. The molecule has 0 amide bonds. The van der Waals surface area contributed by atoms with Crippen LogP contribution in [0.3, 0.4) is 0 Å². The number of rotatable bonds is 5. The Labute approximate surface area is 120 Å². The third-order valence-electron chi connectivity index (χ3n) is 2.40. The van der Waals surface area contributed by atoms with Crippen LogP contribution in [0, 0.1) is 10.1 Å². The molecule has 0 fully saturated rings. The van der Waals surface area contributed by atoms with Gasteiger partial charge in [0.1, 0.15) is 23.5 Å². The van der Waals surface area contributed by atoms with Gasteiger partial charge in [-0.05, 0) is 19.9 Å².